The second-order valence-electron chi connectivity index (χ2n) is 5.39. The Hall–Kier alpha value is -0.910. The molecule has 1 aromatic heterocycles. The van der Waals surface area contributed by atoms with Crippen LogP contribution in [0, 0.1) is 0 Å². The molecule has 2 unspecified atom stereocenters. The van der Waals surface area contributed by atoms with Gasteiger partial charge in [-0.3, -0.25) is 14.5 Å². The van der Waals surface area contributed by atoms with Crippen LogP contribution >= 0.6 is 0 Å². The molecule has 0 radical (unpaired) electrons. The summed E-state index contributed by atoms with van der Waals surface area (Å²) in [6.45, 7) is 9.28. The van der Waals surface area contributed by atoms with Gasteiger partial charge in [-0.2, -0.15) is 5.10 Å². The standard InChI is InChI=1S/C13H23N5/c1-3-14-13(11-8-15-16(2)9-11)12-10-17-4-6-18(12)7-5-17/h8-9,12-14H,3-7,10H2,1-2H3. The number of likely N-dealkylation sites (N-methyl/N-ethyl adjacent to an activating group) is 1. The number of fused-ring (bicyclic) bond motifs is 3. The second-order valence-corrected chi connectivity index (χ2v) is 5.39. The number of hydrogen-bond donors (Lipinski definition) is 1. The van der Waals surface area contributed by atoms with E-state index < -0.39 is 0 Å². The van der Waals surface area contributed by atoms with Gasteiger partial charge < -0.3 is 5.32 Å². The number of piperazine rings is 3. The van der Waals surface area contributed by atoms with Crippen molar-refractivity contribution in [3.8, 4) is 0 Å². The molecule has 3 fully saturated rings. The van der Waals surface area contributed by atoms with Crippen LogP contribution in [0.15, 0.2) is 12.4 Å². The van der Waals surface area contributed by atoms with Crippen LogP contribution in [-0.4, -0.2) is 64.9 Å². The molecular formula is C13H23N5. The molecule has 5 heteroatoms. The largest absolute Gasteiger partial charge is 0.309 e. The second kappa shape index (κ2) is 4.99. The molecular weight excluding hydrogens is 226 g/mol. The average molecular weight is 249 g/mol. The molecule has 4 rings (SSSR count). The minimum absolute atomic E-state index is 0.409. The highest BCUT2D eigenvalue weighted by atomic mass is 15.4. The monoisotopic (exact) mass is 249 g/mol. The highest BCUT2D eigenvalue weighted by molar-refractivity contribution is 5.15. The van der Waals surface area contributed by atoms with Crippen molar-refractivity contribution in [1.82, 2.24) is 24.9 Å². The van der Waals surface area contributed by atoms with Crippen LogP contribution in [0.2, 0.25) is 0 Å². The first-order chi connectivity index (χ1) is 8.78. The maximum absolute atomic E-state index is 4.32. The van der Waals surface area contributed by atoms with Gasteiger partial charge in [-0.1, -0.05) is 6.92 Å². The fourth-order valence-electron chi connectivity index (χ4n) is 3.27. The lowest BCUT2D eigenvalue weighted by Gasteiger charge is -2.50. The van der Waals surface area contributed by atoms with E-state index in [9.17, 15) is 0 Å². The summed E-state index contributed by atoms with van der Waals surface area (Å²) in [6, 6.07) is 1.00. The number of nitrogens with zero attached hydrogens (tertiary/aromatic N) is 4. The fraction of sp³-hybridized carbons (Fsp3) is 0.769. The van der Waals surface area contributed by atoms with Crippen LogP contribution in [-0.2, 0) is 7.05 Å². The molecule has 18 heavy (non-hydrogen) atoms. The third-order valence-electron chi connectivity index (χ3n) is 4.21. The van der Waals surface area contributed by atoms with Crippen molar-refractivity contribution >= 4 is 0 Å². The summed E-state index contributed by atoms with van der Waals surface area (Å²) >= 11 is 0. The van der Waals surface area contributed by atoms with Crippen molar-refractivity contribution in [3.63, 3.8) is 0 Å². The topological polar surface area (TPSA) is 36.3 Å². The maximum Gasteiger partial charge on any atom is 0.0538 e. The van der Waals surface area contributed by atoms with Gasteiger partial charge in [-0.05, 0) is 6.54 Å². The SMILES string of the molecule is CCNC(c1cnn(C)c1)C1CN2CCN1CC2. The molecule has 3 aliphatic heterocycles. The van der Waals surface area contributed by atoms with E-state index in [2.05, 4.69) is 33.3 Å². The molecule has 1 aromatic rings. The molecule has 0 saturated carbocycles. The molecule has 3 saturated heterocycles. The van der Waals surface area contributed by atoms with Gasteiger partial charge >= 0.3 is 0 Å². The number of nitrogens with one attached hydrogen (secondary N) is 1. The van der Waals surface area contributed by atoms with Gasteiger partial charge in [0, 0.05) is 57.6 Å². The van der Waals surface area contributed by atoms with Gasteiger partial charge in [0.2, 0.25) is 0 Å². The summed E-state index contributed by atoms with van der Waals surface area (Å²) in [4.78, 5) is 5.23. The number of aryl methyl sites for hydroxylation is 1. The van der Waals surface area contributed by atoms with E-state index in [1.165, 1.54) is 38.3 Å². The van der Waals surface area contributed by atoms with Gasteiger partial charge in [0.25, 0.3) is 0 Å². The molecule has 2 bridgehead atoms. The fourth-order valence-corrected chi connectivity index (χ4v) is 3.27. The molecule has 0 aliphatic carbocycles. The Kier molecular flexibility index (Phi) is 3.37. The summed E-state index contributed by atoms with van der Waals surface area (Å²) in [7, 11) is 1.99. The number of aromatic nitrogens is 2. The molecule has 2 atom stereocenters. The zero-order chi connectivity index (χ0) is 12.5. The van der Waals surface area contributed by atoms with Crippen molar-refractivity contribution < 1.29 is 0 Å². The first-order valence-corrected chi connectivity index (χ1v) is 6.96. The van der Waals surface area contributed by atoms with Crippen molar-refractivity contribution in [2.24, 2.45) is 7.05 Å². The zero-order valence-electron chi connectivity index (χ0n) is 11.3. The van der Waals surface area contributed by atoms with Gasteiger partial charge in [0.1, 0.15) is 0 Å². The lowest BCUT2D eigenvalue weighted by molar-refractivity contribution is -0.00344. The minimum Gasteiger partial charge on any atom is -0.309 e. The van der Waals surface area contributed by atoms with Gasteiger partial charge in [-0.15, -0.1) is 0 Å². The summed E-state index contributed by atoms with van der Waals surface area (Å²) in [6.07, 6.45) is 4.15. The average Bonchev–Trinajstić information content (AvgIpc) is 2.83. The van der Waals surface area contributed by atoms with E-state index in [-0.39, 0.29) is 0 Å². The predicted molar refractivity (Wildman–Crippen MR) is 71.4 cm³/mol. The Labute approximate surface area is 109 Å². The Morgan fingerprint density at radius 2 is 2.17 bits per heavy atom. The first kappa shape index (κ1) is 12.1. The van der Waals surface area contributed by atoms with E-state index in [1.807, 2.05) is 17.9 Å². The molecule has 3 aliphatic rings. The van der Waals surface area contributed by atoms with E-state index >= 15 is 0 Å². The highest BCUT2D eigenvalue weighted by Gasteiger charge is 2.37. The van der Waals surface area contributed by atoms with Crippen molar-refractivity contribution in [3.05, 3.63) is 18.0 Å². The van der Waals surface area contributed by atoms with Crippen LogP contribution in [0.25, 0.3) is 0 Å². The van der Waals surface area contributed by atoms with Gasteiger partial charge in [0.05, 0.1) is 12.2 Å². The molecule has 4 heterocycles. The van der Waals surface area contributed by atoms with Crippen LogP contribution < -0.4 is 5.32 Å². The van der Waals surface area contributed by atoms with Crippen LogP contribution in [0.4, 0.5) is 0 Å². The van der Waals surface area contributed by atoms with Crippen molar-refractivity contribution in [2.75, 3.05) is 39.3 Å². The molecule has 100 valence electrons. The van der Waals surface area contributed by atoms with Gasteiger partial charge in [-0.25, -0.2) is 0 Å². The van der Waals surface area contributed by atoms with E-state index in [0.29, 0.717) is 12.1 Å². The molecule has 1 N–H and O–H groups in total. The minimum atomic E-state index is 0.409. The Bertz CT molecular complexity index is 394. The van der Waals surface area contributed by atoms with Crippen molar-refractivity contribution in [2.45, 2.75) is 19.0 Å². The smallest absolute Gasteiger partial charge is 0.0538 e. The Balaban J connectivity index is 1.81. The molecule has 0 spiro atoms. The van der Waals surface area contributed by atoms with Crippen LogP contribution in [0.5, 0.6) is 0 Å². The van der Waals surface area contributed by atoms with E-state index in [1.54, 1.807) is 0 Å². The summed E-state index contributed by atoms with van der Waals surface area (Å²) in [5.74, 6) is 0. The third-order valence-corrected chi connectivity index (χ3v) is 4.21. The summed E-state index contributed by atoms with van der Waals surface area (Å²) in [5.41, 5.74) is 1.32. The van der Waals surface area contributed by atoms with Crippen molar-refractivity contribution in [1.29, 1.82) is 0 Å². The zero-order valence-corrected chi connectivity index (χ0v) is 11.3. The number of rotatable bonds is 4. The van der Waals surface area contributed by atoms with E-state index in [4.69, 9.17) is 0 Å². The van der Waals surface area contributed by atoms with Gasteiger partial charge in [0.15, 0.2) is 0 Å². The van der Waals surface area contributed by atoms with E-state index in [0.717, 1.165) is 6.54 Å². The normalized spacial score (nSPS) is 32.7. The van der Waals surface area contributed by atoms with Crippen LogP contribution in [0.1, 0.15) is 18.5 Å². The molecule has 0 amide bonds. The molecule has 0 aromatic carbocycles. The lowest BCUT2D eigenvalue weighted by atomic mass is 9.96. The highest BCUT2D eigenvalue weighted by Crippen LogP contribution is 2.26. The Morgan fingerprint density at radius 3 is 2.67 bits per heavy atom. The third kappa shape index (κ3) is 2.18. The lowest BCUT2D eigenvalue weighted by Crippen LogP contribution is -2.63. The predicted octanol–water partition coefficient (Wildman–Crippen LogP) is 0.0705. The number of hydrogen-bond acceptors (Lipinski definition) is 4. The first-order valence-electron chi connectivity index (χ1n) is 6.96. The Morgan fingerprint density at radius 1 is 1.39 bits per heavy atom. The summed E-state index contributed by atoms with van der Waals surface area (Å²) < 4.78 is 1.90. The summed E-state index contributed by atoms with van der Waals surface area (Å²) in [5, 5.41) is 7.97. The maximum atomic E-state index is 4.32. The van der Waals surface area contributed by atoms with Crippen LogP contribution in [0.3, 0.4) is 0 Å². The quantitative estimate of drug-likeness (QED) is 0.819. The molecule has 5 nitrogen and oxygen atoms in total.